The Hall–Kier alpha value is -2.12. The van der Waals surface area contributed by atoms with Gasteiger partial charge in [0, 0.05) is 19.7 Å². The summed E-state index contributed by atoms with van der Waals surface area (Å²) in [6.07, 6.45) is 1.92. The Kier molecular flexibility index (Phi) is 8.37. The number of likely N-dealkylation sites (tertiary alicyclic amines) is 1. The molecule has 1 atom stereocenters. The van der Waals surface area contributed by atoms with Gasteiger partial charge in [0.2, 0.25) is 0 Å². The lowest BCUT2D eigenvalue weighted by molar-refractivity contribution is -0.149. The number of hydrogen-bond acceptors (Lipinski definition) is 5. The summed E-state index contributed by atoms with van der Waals surface area (Å²) in [4.78, 5) is 24.3. The summed E-state index contributed by atoms with van der Waals surface area (Å²) in [7, 11) is 0. The quantitative estimate of drug-likeness (QED) is 0.652. The lowest BCUT2D eigenvalue weighted by Crippen LogP contribution is -2.38. The van der Waals surface area contributed by atoms with Crippen molar-refractivity contribution in [2.24, 2.45) is 5.92 Å². The highest BCUT2D eigenvalue weighted by molar-refractivity contribution is 5.72. The van der Waals surface area contributed by atoms with Crippen molar-refractivity contribution in [3.05, 3.63) is 35.9 Å². The predicted molar refractivity (Wildman–Crippen MR) is 94.6 cm³/mol. The molecule has 2 N–H and O–H groups in total. The van der Waals surface area contributed by atoms with Crippen LogP contribution < -0.4 is 0 Å². The summed E-state index contributed by atoms with van der Waals surface area (Å²) in [6, 6.07) is 9.62. The van der Waals surface area contributed by atoms with Gasteiger partial charge in [0.15, 0.2) is 6.10 Å². The van der Waals surface area contributed by atoms with Crippen LogP contribution in [0.25, 0.3) is 0 Å². The van der Waals surface area contributed by atoms with Gasteiger partial charge in [0.05, 0.1) is 6.61 Å². The first-order valence-electron chi connectivity index (χ1n) is 9.00. The van der Waals surface area contributed by atoms with E-state index in [9.17, 15) is 9.59 Å². The van der Waals surface area contributed by atoms with Crippen LogP contribution in [0, 0.1) is 5.92 Å². The van der Waals surface area contributed by atoms with Gasteiger partial charge in [-0.05, 0) is 37.2 Å². The lowest BCUT2D eigenvalue weighted by atomic mass is 9.92. The van der Waals surface area contributed by atoms with Gasteiger partial charge in [-0.1, -0.05) is 30.3 Å². The normalized spacial score (nSPS) is 16.3. The van der Waals surface area contributed by atoms with Crippen molar-refractivity contribution < 1.29 is 29.3 Å². The van der Waals surface area contributed by atoms with Crippen LogP contribution in [0.1, 0.15) is 31.2 Å². The molecule has 1 aromatic rings. The fourth-order valence-electron chi connectivity index (χ4n) is 2.96. The molecule has 1 aliphatic heterocycles. The molecule has 1 aromatic carbocycles. The molecule has 0 spiro atoms. The Morgan fingerprint density at radius 2 is 1.88 bits per heavy atom. The van der Waals surface area contributed by atoms with Crippen molar-refractivity contribution in [2.75, 3.05) is 26.3 Å². The number of benzene rings is 1. The third kappa shape index (κ3) is 7.01. The molecule has 7 heteroatoms. The molecule has 1 heterocycles. The third-order valence-corrected chi connectivity index (χ3v) is 4.54. The molecule has 2 rings (SSSR count). The molecule has 1 fully saturated rings. The molecular weight excluding hydrogens is 338 g/mol. The number of carbonyl (C=O) groups is 2. The number of ether oxygens (including phenoxy) is 2. The minimum absolute atomic E-state index is 0.180. The molecule has 0 saturated carbocycles. The van der Waals surface area contributed by atoms with Crippen LogP contribution in [0.15, 0.2) is 30.3 Å². The number of rotatable bonds is 9. The first-order chi connectivity index (χ1) is 12.6. The van der Waals surface area contributed by atoms with E-state index < -0.39 is 12.1 Å². The average Bonchev–Trinajstić information content (AvgIpc) is 2.67. The zero-order chi connectivity index (χ0) is 18.8. The third-order valence-electron chi connectivity index (χ3n) is 4.54. The van der Waals surface area contributed by atoms with Crippen molar-refractivity contribution in [1.29, 1.82) is 0 Å². The van der Waals surface area contributed by atoms with E-state index in [0.29, 0.717) is 32.2 Å². The predicted octanol–water partition coefficient (Wildman–Crippen LogP) is 2.28. The molecule has 144 valence electrons. The number of aliphatic carboxylic acids is 1. The largest absolute Gasteiger partial charge is 0.479 e. The minimum Gasteiger partial charge on any atom is -0.479 e. The number of aliphatic hydroxyl groups is 1. The molecule has 1 saturated heterocycles. The monoisotopic (exact) mass is 365 g/mol. The maximum absolute atomic E-state index is 12.1. The molecule has 1 aliphatic rings. The first-order valence-corrected chi connectivity index (χ1v) is 9.00. The van der Waals surface area contributed by atoms with Crippen LogP contribution in [-0.4, -0.2) is 59.6 Å². The molecule has 0 radical (unpaired) electrons. The van der Waals surface area contributed by atoms with Gasteiger partial charge in [-0.3, -0.25) is 0 Å². The zero-order valence-electron chi connectivity index (χ0n) is 14.9. The summed E-state index contributed by atoms with van der Waals surface area (Å²) in [6.45, 7) is 1.93. The molecule has 0 aromatic heterocycles. The van der Waals surface area contributed by atoms with E-state index in [-0.39, 0.29) is 12.7 Å². The molecule has 7 nitrogen and oxygen atoms in total. The van der Waals surface area contributed by atoms with Crippen molar-refractivity contribution in [1.82, 2.24) is 4.90 Å². The maximum atomic E-state index is 12.1. The minimum atomic E-state index is -1.46. The van der Waals surface area contributed by atoms with Crippen molar-refractivity contribution in [2.45, 2.75) is 38.4 Å². The van der Waals surface area contributed by atoms with Gasteiger partial charge < -0.3 is 24.6 Å². The fourth-order valence-corrected chi connectivity index (χ4v) is 2.96. The lowest BCUT2D eigenvalue weighted by Gasteiger charge is -2.31. The smallest absolute Gasteiger partial charge is 0.410 e. The summed E-state index contributed by atoms with van der Waals surface area (Å²) in [5.41, 5.74) is 0.976. The summed E-state index contributed by atoms with van der Waals surface area (Å²) < 4.78 is 10.5. The van der Waals surface area contributed by atoms with Crippen molar-refractivity contribution >= 4 is 12.1 Å². The van der Waals surface area contributed by atoms with E-state index >= 15 is 0 Å². The Balaban J connectivity index is 1.55. The zero-order valence-corrected chi connectivity index (χ0v) is 14.9. The second-order valence-corrected chi connectivity index (χ2v) is 6.54. The molecular formula is C19H27NO6. The number of aliphatic hydroxyl groups excluding tert-OH is 1. The maximum Gasteiger partial charge on any atom is 0.410 e. The molecule has 0 bridgehead atoms. The van der Waals surface area contributed by atoms with E-state index in [1.807, 2.05) is 30.3 Å². The van der Waals surface area contributed by atoms with Crippen molar-refractivity contribution in [3.63, 3.8) is 0 Å². The van der Waals surface area contributed by atoms with Crippen LogP contribution in [0.2, 0.25) is 0 Å². The topological polar surface area (TPSA) is 96.3 Å². The van der Waals surface area contributed by atoms with E-state index in [0.717, 1.165) is 31.2 Å². The van der Waals surface area contributed by atoms with Gasteiger partial charge in [0.1, 0.15) is 6.61 Å². The summed E-state index contributed by atoms with van der Waals surface area (Å²) in [5.74, 6) is -0.738. The van der Waals surface area contributed by atoms with E-state index in [1.54, 1.807) is 4.90 Å². The number of carboxylic acids is 1. The molecule has 26 heavy (non-hydrogen) atoms. The van der Waals surface area contributed by atoms with Crippen LogP contribution in [-0.2, 0) is 20.9 Å². The number of piperidine rings is 1. The number of amides is 1. The standard InChI is InChI=1S/C19H27NO6/c21-17(18(22)23)14-25-12-4-7-15-8-10-20(11-9-15)19(24)26-13-16-5-2-1-3-6-16/h1-3,5-6,15,17,21H,4,7-14H2,(H,22,23). The number of hydrogen-bond donors (Lipinski definition) is 2. The van der Waals surface area contributed by atoms with Gasteiger partial charge in [-0.25, -0.2) is 9.59 Å². The number of carboxylic acid groups (broad SMARTS) is 1. The van der Waals surface area contributed by atoms with Gasteiger partial charge >= 0.3 is 12.1 Å². The van der Waals surface area contributed by atoms with E-state index in [1.165, 1.54) is 0 Å². The molecule has 0 aliphatic carbocycles. The van der Waals surface area contributed by atoms with Crippen LogP contribution in [0.5, 0.6) is 0 Å². The second-order valence-electron chi connectivity index (χ2n) is 6.54. The first kappa shape index (κ1) is 20.2. The average molecular weight is 365 g/mol. The highest BCUT2D eigenvalue weighted by atomic mass is 16.6. The highest BCUT2D eigenvalue weighted by Crippen LogP contribution is 2.22. The highest BCUT2D eigenvalue weighted by Gasteiger charge is 2.23. The van der Waals surface area contributed by atoms with Crippen molar-refractivity contribution in [3.8, 4) is 0 Å². The van der Waals surface area contributed by atoms with Crippen LogP contribution in [0.3, 0.4) is 0 Å². The SMILES string of the molecule is O=C(O)C(O)COCCCC1CCN(C(=O)OCc2ccccc2)CC1. The number of carbonyl (C=O) groups excluding carboxylic acids is 1. The summed E-state index contributed by atoms with van der Waals surface area (Å²) >= 11 is 0. The Labute approximate surface area is 153 Å². The van der Waals surface area contributed by atoms with E-state index in [2.05, 4.69) is 0 Å². The van der Waals surface area contributed by atoms with Gasteiger partial charge in [-0.2, -0.15) is 0 Å². The Morgan fingerprint density at radius 1 is 1.19 bits per heavy atom. The van der Waals surface area contributed by atoms with Crippen LogP contribution >= 0.6 is 0 Å². The van der Waals surface area contributed by atoms with Gasteiger partial charge in [0.25, 0.3) is 0 Å². The van der Waals surface area contributed by atoms with Crippen LogP contribution in [0.4, 0.5) is 4.79 Å². The number of nitrogens with zero attached hydrogens (tertiary/aromatic N) is 1. The second kappa shape index (κ2) is 10.8. The fraction of sp³-hybridized carbons (Fsp3) is 0.579. The summed E-state index contributed by atoms with van der Waals surface area (Å²) in [5, 5.41) is 17.6. The molecule has 1 amide bonds. The van der Waals surface area contributed by atoms with E-state index in [4.69, 9.17) is 19.7 Å². The molecule has 1 unspecified atom stereocenters. The Morgan fingerprint density at radius 3 is 2.54 bits per heavy atom. The van der Waals surface area contributed by atoms with Gasteiger partial charge in [-0.15, -0.1) is 0 Å². The Bertz CT molecular complexity index is 556.